The van der Waals surface area contributed by atoms with Gasteiger partial charge in [0.05, 0.1) is 24.8 Å². The van der Waals surface area contributed by atoms with Gasteiger partial charge in [0.1, 0.15) is 10.8 Å². The van der Waals surface area contributed by atoms with Crippen LogP contribution in [0, 0.1) is 11.7 Å². The van der Waals surface area contributed by atoms with Crippen LogP contribution in [-0.4, -0.2) is 55.9 Å². The summed E-state index contributed by atoms with van der Waals surface area (Å²) in [5.74, 6) is -3.00. The molecule has 1 aliphatic rings. The van der Waals surface area contributed by atoms with Gasteiger partial charge in [-0.3, -0.25) is 9.48 Å². The molecule has 36 heavy (non-hydrogen) atoms. The van der Waals surface area contributed by atoms with Crippen molar-refractivity contribution in [3.8, 4) is 0 Å². The average molecular weight is 579 g/mol. The third-order valence-corrected chi connectivity index (χ3v) is 8.07. The Morgan fingerprint density at radius 3 is 2.64 bits per heavy atom. The molecular weight excluding hydrogens is 551 g/mol. The van der Waals surface area contributed by atoms with Gasteiger partial charge in [-0.25, -0.2) is 14.2 Å². The molecule has 3 heterocycles. The van der Waals surface area contributed by atoms with E-state index < -0.39 is 29.3 Å². The van der Waals surface area contributed by atoms with E-state index in [-0.39, 0.29) is 36.5 Å². The number of nitrogens with zero attached hydrogens (tertiary/aromatic N) is 4. The number of aliphatic carboxylic acids is 1. The number of thiazole rings is 1. The monoisotopic (exact) mass is 578 g/mol. The number of hydrogen-bond donors (Lipinski definition) is 1. The molecule has 4 rings (SSSR count). The number of carbonyl (C=O) groups excluding carboxylic acids is 1. The van der Waals surface area contributed by atoms with Crippen molar-refractivity contribution >= 4 is 39.1 Å². The van der Waals surface area contributed by atoms with E-state index in [0.717, 1.165) is 0 Å². The first-order chi connectivity index (χ1) is 17.0. The van der Waals surface area contributed by atoms with Crippen molar-refractivity contribution in [1.29, 1.82) is 0 Å². The van der Waals surface area contributed by atoms with E-state index in [1.807, 2.05) is 20.8 Å². The number of ether oxygens (including phenoxy) is 1. The number of rotatable bonds is 7. The maximum atomic E-state index is 15.5. The molecule has 2 aromatic heterocycles. The van der Waals surface area contributed by atoms with E-state index >= 15 is 4.39 Å². The van der Waals surface area contributed by atoms with E-state index in [2.05, 4.69) is 26.0 Å². The van der Waals surface area contributed by atoms with Crippen molar-refractivity contribution in [3.05, 3.63) is 68.6 Å². The fourth-order valence-electron chi connectivity index (χ4n) is 4.97. The second-order valence-electron chi connectivity index (χ2n) is 10.0. The van der Waals surface area contributed by atoms with Crippen molar-refractivity contribution in [2.75, 3.05) is 13.7 Å². The van der Waals surface area contributed by atoms with Gasteiger partial charge in [0, 0.05) is 41.5 Å². The quantitative estimate of drug-likeness (QED) is 0.427. The molecule has 0 radical (unpaired) electrons. The zero-order valence-electron chi connectivity index (χ0n) is 20.4. The lowest BCUT2D eigenvalue weighted by Crippen LogP contribution is -2.56. The highest BCUT2D eigenvalue weighted by molar-refractivity contribution is 9.10. The summed E-state index contributed by atoms with van der Waals surface area (Å²) in [4.78, 5) is 32.9. The van der Waals surface area contributed by atoms with Crippen molar-refractivity contribution in [2.24, 2.45) is 5.92 Å². The molecule has 1 aromatic carbocycles. The molecule has 11 heteroatoms. The molecule has 3 atom stereocenters. The first kappa shape index (κ1) is 26.4. The number of benzene rings is 1. The van der Waals surface area contributed by atoms with Crippen LogP contribution in [-0.2, 0) is 21.5 Å². The van der Waals surface area contributed by atoms with E-state index in [1.165, 1.54) is 40.2 Å². The maximum absolute atomic E-state index is 15.5. The third-order valence-electron chi connectivity index (χ3n) is 6.57. The second-order valence-corrected chi connectivity index (χ2v) is 11.8. The SMILES string of the molecule is COCC1CC(Cn2cccn2)(C(=O)O)N(C(=O)c2cc(Br)c(C(C)(C)C)cc2F)C1c1nccs1. The van der Waals surface area contributed by atoms with Gasteiger partial charge in [0.15, 0.2) is 5.54 Å². The second kappa shape index (κ2) is 10.0. The fourth-order valence-corrected chi connectivity index (χ4v) is 6.73. The number of likely N-dealkylation sites (tertiary alicyclic amines) is 1. The molecule has 1 N–H and O–H groups in total. The van der Waals surface area contributed by atoms with Gasteiger partial charge in [-0.1, -0.05) is 36.7 Å². The Hall–Kier alpha value is -2.63. The van der Waals surface area contributed by atoms with Crippen LogP contribution >= 0.6 is 27.3 Å². The number of aromatic nitrogens is 3. The highest BCUT2D eigenvalue weighted by Crippen LogP contribution is 2.49. The van der Waals surface area contributed by atoms with Crippen LogP contribution in [0.25, 0.3) is 0 Å². The Kier molecular flexibility index (Phi) is 7.36. The van der Waals surface area contributed by atoms with Crippen LogP contribution in [0.5, 0.6) is 0 Å². The van der Waals surface area contributed by atoms with E-state index in [4.69, 9.17) is 4.74 Å². The van der Waals surface area contributed by atoms with Crippen LogP contribution in [0.4, 0.5) is 4.39 Å². The molecular formula is C25H28BrFN4O4S. The molecule has 1 amide bonds. The first-order valence-electron chi connectivity index (χ1n) is 11.4. The zero-order valence-corrected chi connectivity index (χ0v) is 22.8. The molecule has 3 aromatic rings. The average Bonchev–Trinajstić information content (AvgIpc) is 3.55. The third kappa shape index (κ3) is 4.71. The number of amides is 1. The van der Waals surface area contributed by atoms with Crippen molar-refractivity contribution in [2.45, 2.75) is 50.7 Å². The molecule has 0 spiro atoms. The van der Waals surface area contributed by atoms with E-state index in [1.54, 1.807) is 30.0 Å². The van der Waals surface area contributed by atoms with Gasteiger partial charge in [-0.05, 0) is 35.6 Å². The van der Waals surface area contributed by atoms with Gasteiger partial charge in [-0.2, -0.15) is 5.10 Å². The van der Waals surface area contributed by atoms with Gasteiger partial charge >= 0.3 is 5.97 Å². The highest BCUT2D eigenvalue weighted by Gasteiger charge is 2.60. The predicted octanol–water partition coefficient (Wildman–Crippen LogP) is 4.91. The first-order valence-corrected chi connectivity index (χ1v) is 13.1. The summed E-state index contributed by atoms with van der Waals surface area (Å²) in [7, 11) is 1.53. The smallest absolute Gasteiger partial charge is 0.331 e. The maximum Gasteiger partial charge on any atom is 0.331 e. The van der Waals surface area contributed by atoms with Gasteiger partial charge in [0.2, 0.25) is 0 Å². The summed E-state index contributed by atoms with van der Waals surface area (Å²) in [6.45, 7) is 5.94. The van der Waals surface area contributed by atoms with Gasteiger partial charge in [-0.15, -0.1) is 11.3 Å². The lowest BCUT2D eigenvalue weighted by Gasteiger charge is -2.37. The van der Waals surface area contributed by atoms with Crippen molar-refractivity contribution in [1.82, 2.24) is 19.7 Å². The Morgan fingerprint density at radius 2 is 2.08 bits per heavy atom. The Morgan fingerprint density at radius 1 is 1.33 bits per heavy atom. The van der Waals surface area contributed by atoms with Gasteiger partial charge in [0.25, 0.3) is 5.91 Å². The van der Waals surface area contributed by atoms with E-state index in [0.29, 0.717) is 15.0 Å². The molecule has 192 valence electrons. The fraction of sp³-hybridized carbons (Fsp3) is 0.440. The summed E-state index contributed by atoms with van der Waals surface area (Å²) >= 11 is 4.81. The molecule has 1 saturated heterocycles. The molecule has 0 saturated carbocycles. The summed E-state index contributed by atoms with van der Waals surface area (Å²) in [5.41, 5.74) is -1.58. The van der Waals surface area contributed by atoms with Crippen LogP contribution in [0.15, 0.2) is 46.6 Å². The number of carboxylic acid groups (broad SMARTS) is 1. The Bertz CT molecular complexity index is 1250. The highest BCUT2D eigenvalue weighted by atomic mass is 79.9. The number of carboxylic acids is 1. The summed E-state index contributed by atoms with van der Waals surface area (Å²) < 4.78 is 23.0. The molecule has 3 unspecified atom stereocenters. The normalized spacial score (nSPS) is 22.2. The standard InChI is InChI=1S/C25H28BrFN4O4S/c1-24(2,3)17-11-19(27)16(10-18(17)26)22(32)31-20(21-28-7-9-36-21)15(13-35-4)12-25(31,23(33)34)14-30-8-5-6-29-30/h5-11,15,20H,12-14H2,1-4H3,(H,33,34). The van der Waals surface area contributed by atoms with Crippen LogP contribution in [0.1, 0.15) is 54.2 Å². The Labute approximate surface area is 221 Å². The number of halogens is 2. The van der Waals surface area contributed by atoms with Gasteiger partial charge < -0.3 is 14.7 Å². The summed E-state index contributed by atoms with van der Waals surface area (Å²) in [5, 5.41) is 17.1. The van der Waals surface area contributed by atoms with Crippen LogP contribution in [0.3, 0.4) is 0 Å². The minimum atomic E-state index is -1.70. The van der Waals surface area contributed by atoms with Crippen LogP contribution in [0.2, 0.25) is 0 Å². The summed E-state index contributed by atoms with van der Waals surface area (Å²) in [6.07, 6.45) is 4.89. The topological polar surface area (TPSA) is 97.5 Å². The zero-order chi connectivity index (χ0) is 26.3. The van der Waals surface area contributed by atoms with Crippen molar-refractivity contribution in [3.63, 3.8) is 0 Å². The lowest BCUT2D eigenvalue weighted by atomic mass is 9.86. The van der Waals surface area contributed by atoms with Crippen LogP contribution < -0.4 is 0 Å². The minimum Gasteiger partial charge on any atom is -0.479 e. The molecule has 1 fully saturated rings. The van der Waals surface area contributed by atoms with Crippen molar-refractivity contribution < 1.29 is 23.8 Å². The molecule has 0 bridgehead atoms. The predicted molar refractivity (Wildman–Crippen MR) is 136 cm³/mol. The minimum absolute atomic E-state index is 0.0921. The molecule has 1 aliphatic heterocycles. The summed E-state index contributed by atoms with van der Waals surface area (Å²) in [6, 6.07) is 3.75. The number of carbonyl (C=O) groups is 2. The molecule has 8 nitrogen and oxygen atoms in total. The number of methoxy groups -OCH3 is 1. The lowest BCUT2D eigenvalue weighted by molar-refractivity contribution is -0.150. The number of hydrogen-bond acceptors (Lipinski definition) is 6. The molecule has 0 aliphatic carbocycles. The Balaban J connectivity index is 1.91. The largest absolute Gasteiger partial charge is 0.479 e. The van der Waals surface area contributed by atoms with E-state index in [9.17, 15) is 14.7 Å².